The predicted molar refractivity (Wildman–Crippen MR) is 112 cm³/mol. The first-order valence-electron chi connectivity index (χ1n) is 9.65. The molecule has 1 aliphatic rings. The molecule has 1 aliphatic heterocycles. The Hall–Kier alpha value is -1.30. The molecule has 2 unspecified atom stereocenters. The van der Waals surface area contributed by atoms with E-state index < -0.39 is 21.4 Å². The highest BCUT2D eigenvalue weighted by molar-refractivity contribution is 8.00. The van der Waals surface area contributed by atoms with E-state index in [0.29, 0.717) is 10.5 Å². The van der Waals surface area contributed by atoms with Crippen molar-refractivity contribution in [1.82, 2.24) is 0 Å². The third-order valence-electron chi connectivity index (χ3n) is 5.68. The highest BCUT2D eigenvalue weighted by atomic mass is 32.2. The maximum Gasteiger partial charge on any atom is 0.179 e. The SMILES string of the molecule is CCCC[C@]1(CC)CS(=O)(=O)c2ccccc2C(O)C1Sc1ccccc1. The molecule has 0 aromatic heterocycles. The molecule has 0 saturated carbocycles. The van der Waals surface area contributed by atoms with Crippen LogP contribution in [0.3, 0.4) is 0 Å². The summed E-state index contributed by atoms with van der Waals surface area (Å²) in [5.41, 5.74) is 0.0751. The van der Waals surface area contributed by atoms with Gasteiger partial charge in [0.15, 0.2) is 9.84 Å². The first kappa shape index (κ1) is 20.4. The normalized spacial score (nSPS) is 26.9. The third-order valence-corrected chi connectivity index (χ3v) is 9.23. The number of aliphatic hydroxyl groups is 1. The highest BCUT2D eigenvalue weighted by Crippen LogP contribution is 2.52. The van der Waals surface area contributed by atoms with Crippen molar-refractivity contribution in [2.45, 2.75) is 60.7 Å². The van der Waals surface area contributed by atoms with Crippen LogP contribution in [0.4, 0.5) is 0 Å². The molecule has 0 radical (unpaired) electrons. The van der Waals surface area contributed by atoms with E-state index in [9.17, 15) is 13.5 Å². The summed E-state index contributed by atoms with van der Waals surface area (Å²) in [4.78, 5) is 1.36. The van der Waals surface area contributed by atoms with Gasteiger partial charge in [0.05, 0.1) is 16.8 Å². The van der Waals surface area contributed by atoms with Crippen LogP contribution in [0.15, 0.2) is 64.4 Å². The zero-order valence-electron chi connectivity index (χ0n) is 16.0. The van der Waals surface area contributed by atoms with Gasteiger partial charge in [0, 0.05) is 15.7 Å². The number of hydrogen-bond donors (Lipinski definition) is 1. The van der Waals surface area contributed by atoms with Crippen LogP contribution in [0.2, 0.25) is 0 Å². The molecule has 0 fully saturated rings. The van der Waals surface area contributed by atoms with Gasteiger partial charge in [-0.3, -0.25) is 0 Å². The number of thioether (sulfide) groups is 1. The van der Waals surface area contributed by atoms with Gasteiger partial charge in [-0.05, 0) is 36.5 Å². The van der Waals surface area contributed by atoms with Crippen molar-refractivity contribution in [2.75, 3.05) is 5.75 Å². The molecule has 2 aromatic carbocycles. The summed E-state index contributed by atoms with van der Waals surface area (Å²) in [5.74, 6) is 0.0923. The van der Waals surface area contributed by atoms with Crippen LogP contribution in [-0.2, 0) is 9.84 Å². The molecule has 2 aromatic rings. The van der Waals surface area contributed by atoms with E-state index in [4.69, 9.17) is 0 Å². The first-order chi connectivity index (χ1) is 12.9. The lowest BCUT2D eigenvalue weighted by Gasteiger charge is -2.40. The van der Waals surface area contributed by atoms with Crippen LogP contribution in [0.5, 0.6) is 0 Å². The summed E-state index contributed by atoms with van der Waals surface area (Å²) in [6.45, 7) is 4.19. The van der Waals surface area contributed by atoms with Gasteiger partial charge in [0.2, 0.25) is 0 Å². The predicted octanol–water partition coefficient (Wildman–Crippen LogP) is 5.25. The third kappa shape index (κ3) is 4.10. The molecule has 3 rings (SSSR count). The Morgan fingerprint density at radius 1 is 1.07 bits per heavy atom. The molecule has 0 spiro atoms. The lowest BCUT2D eigenvalue weighted by atomic mass is 9.76. The lowest BCUT2D eigenvalue weighted by Crippen LogP contribution is -2.40. The van der Waals surface area contributed by atoms with Crippen molar-refractivity contribution in [3.8, 4) is 0 Å². The van der Waals surface area contributed by atoms with E-state index in [1.54, 1.807) is 30.0 Å². The summed E-state index contributed by atoms with van der Waals surface area (Å²) in [6, 6.07) is 17.0. The number of hydrogen-bond acceptors (Lipinski definition) is 4. The summed E-state index contributed by atoms with van der Waals surface area (Å²) in [6.07, 6.45) is 2.67. The van der Waals surface area contributed by atoms with Crippen LogP contribution in [0, 0.1) is 5.41 Å². The van der Waals surface area contributed by atoms with Gasteiger partial charge in [-0.25, -0.2) is 8.42 Å². The smallest absolute Gasteiger partial charge is 0.179 e. The van der Waals surface area contributed by atoms with Crippen LogP contribution < -0.4 is 0 Å². The fourth-order valence-corrected chi connectivity index (χ4v) is 7.98. The molecule has 1 N–H and O–H groups in total. The second-order valence-corrected chi connectivity index (χ2v) is 10.6. The highest BCUT2D eigenvalue weighted by Gasteiger charge is 2.49. The molecule has 0 aliphatic carbocycles. The molecule has 0 amide bonds. The minimum absolute atomic E-state index is 0.0923. The van der Waals surface area contributed by atoms with Crippen molar-refractivity contribution in [3.05, 3.63) is 60.2 Å². The van der Waals surface area contributed by atoms with E-state index >= 15 is 0 Å². The Balaban J connectivity index is 2.14. The molecule has 1 heterocycles. The van der Waals surface area contributed by atoms with Gasteiger partial charge in [-0.15, -0.1) is 11.8 Å². The van der Waals surface area contributed by atoms with Crippen LogP contribution in [0.25, 0.3) is 0 Å². The van der Waals surface area contributed by atoms with Crippen molar-refractivity contribution in [1.29, 1.82) is 0 Å². The van der Waals surface area contributed by atoms with E-state index in [-0.39, 0.29) is 11.0 Å². The van der Waals surface area contributed by atoms with Crippen LogP contribution in [-0.4, -0.2) is 24.5 Å². The molecule has 27 heavy (non-hydrogen) atoms. The summed E-state index contributed by atoms with van der Waals surface area (Å²) >= 11 is 1.62. The largest absolute Gasteiger partial charge is 0.387 e. The Morgan fingerprint density at radius 3 is 2.41 bits per heavy atom. The number of aliphatic hydroxyl groups excluding tert-OH is 1. The van der Waals surface area contributed by atoms with Gasteiger partial charge in [0.25, 0.3) is 0 Å². The molecule has 5 heteroatoms. The van der Waals surface area contributed by atoms with Crippen molar-refractivity contribution >= 4 is 21.6 Å². The molecular formula is C22H28O3S2. The summed E-state index contributed by atoms with van der Waals surface area (Å²) in [5, 5.41) is 11.2. The zero-order chi connectivity index (χ0) is 19.5. The van der Waals surface area contributed by atoms with Crippen molar-refractivity contribution in [3.63, 3.8) is 0 Å². The average molecular weight is 405 g/mol. The Bertz CT molecular complexity index is 864. The molecule has 3 nitrogen and oxygen atoms in total. The van der Waals surface area contributed by atoms with Crippen LogP contribution >= 0.6 is 11.8 Å². The Labute approximate surface area is 167 Å². The summed E-state index contributed by atoms with van der Waals surface area (Å²) < 4.78 is 26.5. The molecular weight excluding hydrogens is 376 g/mol. The standard InChI is InChI=1S/C22H28O3S2/c1-3-5-15-22(4-2)16-27(24,25)19-14-10-9-13-18(19)20(23)21(22)26-17-11-7-6-8-12-17/h6-14,20-21,23H,3-5,15-16H2,1-2H3/t20?,21?,22-/m1/s1. The minimum atomic E-state index is -3.46. The maximum absolute atomic E-state index is 13.3. The van der Waals surface area contributed by atoms with E-state index in [1.807, 2.05) is 36.4 Å². The van der Waals surface area contributed by atoms with Crippen molar-refractivity contribution < 1.29 is 13.5 Å². The second kappa shape index (κ2) is 8.38. The van der Waals surface area contributed by atoms with Crippen molar-refractivity contribution in [2.24, 2.45) is 5.41 Å². The number of benzene rings is 2. The van der Waals surface area contributed by atoms with Crippen LogP contribution in [0.1, 0.15) is 51.2 Å². The molecule has 3 atom stereocenters. The van der Waals surface area contributed by atoms with Gasteiger partial charge < -0.3 is 5.11 Å². The molecule has 0 saturated heterocycles. The maximum atomic E-state index is 13.3. The van der Waals surface area contributed by atoms with Gasteiger partial charge >= 0.3 is 0 Å². The topological polar surface area (TPSA) is 54.4 Å². The first-order valence-corrected chi connectivity index (χ1v) is 12.2. The monoisotopic (exact) mass is 404 g/mol. The zero-order valence-corrected chi connectivity index (χ0v) is 17.6. The van der Waals surface area contributed by atoms with Gasteiger partial charge in [-0.2, -0.15) is 0 Å². The fourth-order valence-electron chi connectivity index (χ4n) is 4.10. The lowest BCUT2D eigenvalue weighted by molar-refractivity contribution is 0.109. The van der Waals surface area contributed by atoms with E-state index in [2.05, 4.69) is 13.8 Å². The van der Waals surface area contributed by atoms with E-state index in [0.717, 1.165) is 30.6 Å². The minimum Gasteiger partial charge on any atom is -0.387 e. The number of sulfone groups is 1. The van der Waals surface area contributed by atoms with Gasteiger partial charge in [0.1, 0.15) is 0 Å². The fraction of sp³-hybridized carbons (Fsp3) is 0.455. The van der Waals surface area contributed by atoms with E-state index in [1.165, 1.54) is 0 Å². The molecule has 0 bridgehead atoms. The number of rotatable bonds is 6. The Kier molecular flexibility index (Phi) is 6.34. The number of fused-ring (bicyclic) bond motifs is 1. The summed E-state index contributed by atoms with van der Waals surface area (Å²) in [7, 11) is -3.46. The second-order valence-electron chi connectivity index (χ2n) is 7.41. The number of unbranched alkanes of at least 4 members (excludes halogenated alkanes) is 1. The van der Waals surface area contributed by atoms with Gasteiger partial charge in [-0.1, -0.05) is 63.1 Å². The molecule has 146 valence electrons. The Morgan fingerprint density at radius 2 is 1.74 bits per heavy atom. The quantitative estimate of drug-likeness (QED) is 0.714. The average Bonchev–Trinajstić information content (AvgIpc) is 2.75.